The van der Waals surface area contributed by atoms with E-state index in [0.29, 0.717) is 48.5 Å². The number of carbonyl (C=O) groups is 1. The van der Waals surface area contributed by atoms with E-state index in [2.05, 4.69) is 5.32 Å². The fraction of sp³-hybridized carbons (Fsp3) is 0.381. The van der Waals surface area contributed by atoms with Gasteiger partial charge in [-0.25, -0.2) is 0 Å². The lowest BCUT2D eigenvalue weighted by atomic mass is 10.2. The fourth-order valence-corrected chi connectivity index (χ4v) is 2.70. The van der Waals surface area contributed by atoms with Crippen molar-refractivity contribution in [1.82, 2.24) is 5.32 Å². The van der Waals surface area contributed by atoms with Crippen LogP contribution >= 0.6 is 11.6 Å². The van der Waals surface area contributed by atoms with Gasteiger partial charge in [-0.1, -0.05) is 48.9 Å². The van der Waals surface area contributed by atoms with Crippen LogP contribution in [0.1, 0.15) is 35.7 Å². The molecule has 0 atom stereocenters. The number of hydrogen-bond acceptors (Lipinski definition) is 4. The van der Waals surface area contributed by atoms with E-state index < -0.39 is 0 Å². The lowest BCUT2D eigenvalue weighted by Crippen LogP contribution is -2.25. The topological polar surface area (TPSA) is 56.8 Å². The monoisotopic (exact) mass is 391 g/mol. The maximum Gasteiger partial charge on any atom is 0.251 e. The summed E-state index contributed by atoms with van der Waals surface area (Å²) in [6.07, 6.45) is 1.58. The molecule has 146 valence electrons. The molecule has 0 saturated carbocycles. The highest BCUT2D eigenvalue weighted by atomic mass is 35.5. The molecule has 0 bridgehead atoms. The van der Waals surface area contributed by atoms with Crippen molar-refractivity contribution in [3.63, 3.8) is 0 Å². The summed E-state index contributed by atoms with van der Waals surface area (Å²) in [6.45, 7) is 4.20. The molecule has 1 amide bonds. The van der Waals surface area contributed by atoms with Gasteiger partial charge < -0.3 is 19.5 Å². The first-order chi connectivity index (χ1) is 13.2. The van der Waals surface area contributed by atoms with Crippen molar-refractivity contribution >= 4 is 17.5 Å². The number of nitrogens with one attached hydrogen (secondary N) is 1. The van der Waals surface area contributed by atoms with Crippen LogP contribution in [0.4, 0.5) is 0 Å². The van der Waals surface area contributed by atoms with Crippen LogP contribution in [-0.4, -0.2) is 32.8 Å². The Morgan fingerprint density at radius 3 is 2.63 bits per heavy atom. The van der Waals surface area contributed by atoms with Gasteiger partial charge in [0.2, 0.25) is 0 Å². The molecule has 2 rings (SSSR count). The van der Waals surface area contributed by atoms with Gasteiger partial charge in [-0.2, -0.15) is 0 Å². The van der Waals surface area contributed by atoms with E-state index >= 15 is 0 Å². The zero-order chi connectivity index (χ0) is 19.5. The van der Waals surface area contributed by atoms with E-state index in [0.717, 1.165) is 18.4 Å². The van der Waals surface area contributed by atoms with Crippen molar-refractivity contribution < 1.29 is 19.0 Å². The van der Waals surface area contributed by atoms with Crippen LogP contribution < -0.4 is 14.8 Å². The average Bonchev–Trinajstić information content (AvgIpc) is 2.69. The molecule has 0 saturated heterocycles. The van der Waals surface area contributed by atoms with Crippen LogP contribution in [-0.2, 0) is 11.3 Å². The number of methoxy groups -OCH3 is 1. The second-order valence-corrected chi connectivity index (χ2v) is 6.39. The number of ether oxygens (including phenoxy) is 3. The highest BCUT2D eigenvalue weighted by molar-refractivity contribution is 6.32. The minimum absolute atomic E-state index is 0.208. The van der Waals surface area contributed by atoms with Crippen molar-refractivity contribution in [2.24, 2.45) is 0 Å². The number of halogens is 1. The third-order valence-corrected chi connectivity index (χ3v) is 4.09. The average molecular weight is 392 g/mol. The lowest BCUT2D eigenvalue weighted by molar-refractivity contribution is 0.0934. The maximum absolute atomic E-state index is 12.3. The van der Waals surface area contributed by atoms with Crippen LogP contribution in [0, 0.1) is 0 Å². The molecule has 0 unspecified atom stereocenters. The molecule has 0 fully saturated rings. The number of amides is 1. The van der Waals surface area contributed by atoms with E-state index in [1.807, 2.05) is 37.3 Å². The van der Waals surface area contributed by atoms with Crippen LogP contribution in [0.5, 0.6) is 11.5 Å². The normalized spacial score (nSPS) is 10.5. The molecule has 0 spiro atoms. The molecule has 0 radical (unpaired) electrons. The Hall–Kier alpha value is -2.24. The molecule has 0 heterocycles. The first-order valence-electron chi connectivity index (χ1n) is 9.06. The van der Waals surface area contributed by atoms with Gasteiger partial charge in [0.05, 0.1) is 25.3 Å². The minimum Gasteiger partial charge on any atom is -0.493 e. The Morgan fingerprint density at radius 2 is 1.93 bits per heavy atom. The number of rotatable bonds is 11. The van der Waals surface area contributed by atoms with Crippen molar-refractivity contribution in [1.29, 1.82) is 0 Å². The molecular formula is C21H26ClNO4. The number of carbonyl (C=O) groups excluding carboxylic acids is 1. The molecule has 2 aromatic carbocycles. The fourth-order valence-electron chi connectivity index (χ4n) is 2.44. The standard InChI is InChI=1S/C21H26ClNO4/c1-3-11-27-20-18(22)13-17(14-19(20)25-2)21(24)23-10-7-12-26-15-16-8-5-4-6-9-16/h4-6,8-9,13-14H,3,7,10-12,15H2,1-2H3,(H,23,24). The Balaban J connectivity index is 1.79. The Kier molecular flexibility index (Phi) is 8.95. The first-order valence-corrected chi connectivity index (χ1v) is 9.43. The van der Waals surface area contributed by atoms with Gasteiger partial charge in [-0.3, -0.25) is 4.79 Å². The van der Waals surface area contributed by atoms with Gasteiger partial charge >= 0.3 is 0 Å². The predicted molar refractivity (Wildman–Crippen MR) is 107 cm³/mol. The summed E-state index contributed by atoms with van der Waals surface area (Å²) in [5.74, 6) is 0.708. The second kappa shape index (κ2) is 11.5. The third kappa shape index (κ3) is 6.77. The van der Waals surface area contributed by atoms with Crippen LogP contribution in [0.15, 0.2) is 42.5 Å². The van der Waals surface area contributed by atoms with E-state index in [1.54, 1.807) is 12.1 Å². The third-order valence-electron chi connectivity index (χ3n) is 3.80. The smallest absolute Gasteiger partial charge is 0.251 e. The largest absolute Gasteiger partial charge is 0.493 e. The summed E-state index contributed by atoms with van der Waals surface area (Å²) in [5, 5.41) is 3.23. The van der Waals surface area contributed by atoms with Crippen molar-refractivity contribution in [3.05, 3.63) is 58.6 Å². The summed E-state index contributed by atoms with van der Waals surface area (Å²) in [5.41, 5.74) is 1.57. The van der Waals surface area contributed by atoms with E-state index in [1.165, 1.54) is 7.11 Å². The Bertz CT molecular complexity index is 722. The van der Waals surface area contributed by atoms with Crippen molar-refractivity contribution in [2.45, 2.75) is 26.4 Å². The van der Waals surface area contributed by atoms with Gasteiger partial charge in [-0.05, 0) is 30.5 Å². The molecule has 0 aliphatic heterocycles. The minimum atomic E-state index is -0.208. The summed E-state index contributed by atoms with van der Waals surface area (Å²) >= 11 is 6.25. The molecule has 6 heteroatoms. The van der Waals surface area contributed by atoms with E-state index in [4.69, 9.17) is 25.8 Å². The number of hydrogen-bond donors (Lipinski definition) is 1. The molecule has 1 N–H and O–H groups in total. The summed E-state index contributed by atoms with van der Waals surface area (Å²) < 4.78 is 16.5. The number of benzene rings is 2. The maximum atomic E-state index is 12.3. The summed E-state index contributed by atoms with van der Waals surface area (Å²) in [6, 6.07) is 13.2. The van der Waals surface area contributed by atoms with Gasteiger partial charge in [0.15, 0.2) is 11.5 Å². The van der Waals surface area contributed by atoms with Gasteiger partial charge in [0.1, 0.15) is 0 Å². The molecular weight excluding hydrogens is 366 g/mol. The zero-order valence-electron chi connectivity index (χ0n) is 15.8. The molecule has 0 aromatic heterocycles. The molecule has 0 aliphatic carbocycles. The van der Waals surface area contributed by atoms with Crippen LogP contribution in [0.25, 0.3) is 0 Å². The van der Waals surface area contributed by atoms with Gasteiger partial charge in [-0.15, -0.1) is 0 Å². The first kappa shape index (κ1) is 21.1. The second-order valence-electron chi connectivity index (χ2n) is 5.99. The molecule has 0 aliphatic rings. The SMILES string of the molecule is CCCOc1c(Cl)cc(C(=O)NCCCOCc2ccccc2)cc1OC. The Labute approximate surface area is 165 Å². The summed E-state index contributed by atoms with van der Waals surface area (Å²) in [7, 11) is 1.52. The molecule has 2 aromatic rings. The van der Waals surface area contributed by atoms with E-state index in [9.17, 15) is 4.79 Å². The summed E-state index contributed by atoms with van der Waals surface area (Å²) in [4.78, 5) is 12.3. The molecule has 27 heavy (non-hydrogen) atoms. The predicted octanol–water partition coefficient (Wildman–Crippen LogP) is 4.47. The van der Waals surface area contributed by atoms with Gasteiger partial charge in [0.25, 0.3) is 5.91 Å². The zero-order valence-corrected chi connectivity index (χ0v) is 16.6. The highest BCUT2D eigenvalue weighted by Gasteiger charge is 2.15. The molecule has 5 nitrogen and oxygen atoms in total. The van der Waals surface area contributed by atoms with Gasteiger partial charge in [0, 0.05) is 18.7 Å². The quantitative estimate of drug-likeness (QED) is 0.574. The van der Waals surface area contributed by atoms with Crippen LogP contribution in [0.3, 0.4) is 0 Å². The highest BCUT2D eigenvalue weighted by Crippen LogP contribution is 2.36. The Morgan fingerprint density at radius 1 is 1.15 bits per heavy atom. The van der Waals surface area contributed by atoms with Crippen molar-refractivity contribution in [2.75, 3.05) is 26.9 Å². The lowest BCUT2D eigenvalue weighted by Gasteiger charge is -2.14. The van der Waals surface area contributed by atoms with Crippen molar-refractivity contribution in [3.8, 4) is 11.5 Å². The van der Waals surface area contributed by atoms with Crippen LogP contribution in [0.2, 0.25) is 5.02 Å². The van der Waals surface area contributed by atoms with E-state index in [-0.39, 0.29) is 5.91 Å².